The lowest BCUT2D eigenvalue weighted by Gasteiger charge is -2.13. The number of carbonyl (C=O) groups excluding carboxylic acids is 1. The van der Waals surface area contributed by atoms with Crippen LogP contribution in [0.4, 0.5) is 0 Å². The van der Waals surface area contributed by atoms with Gasteiger partial charge in [0.15, 0.2) is 0 Å². The van der Waals surface area contributed by atoms with Gasteiger partial charge in [-0.1, -0.05) is 27.2 Å². The lowest BCUT2D eigenvalue weighted by Crippen LogP contribution is -2.30. The van der Waals surface area contributed by atoms with E-state index in [1.54, 1.807) is 0 Å². The summed E-state index contributed by atoms with van der Waals surface area (Å²) < 4.78 is 5.10. The predicted octanol–water partition coefficient (Wildman–Crippen LogP) is 2.35. The second-order valence-electron chi connectivity index (χ2n) is 4.49. The fourth-order valence-corrected chi connectivity index (χ4v) is 1.17. The monoisotopic (exact) mass is 215 g/mol. The van der Waals surface area contributed by atoms with Crippen molar-refractivity contribution in [2.24, 2.45) is 5.92 Å². The third kappa shape index (κ3) is 9.73. The zero-order valence-electron chi connectivity index (χ0n) is 10.5. The lowest BCUT2D eigenvalue weighted by atomic mass is 10.2. The van der Waals surface area contributed by atoms with E-state index in [0.717, 1.165) is 13.0 Å². The molecule has 0 amide bonds. The van der Waals surface area contributed by atoms with Crippen LogP contribution in [0, 0.1) is 5.92 Å². The van der Waals surface area contributed by atoms with Crippen molar-refractivity contribution in [3.63, 3.8) is 0 Å². The molecular weight excluding hydrogens is 190 g/mol. The second kappa shape index (κ2) is 8.72. The van der Waals surface area contributed by atoms with Gasteiger partial charge in [-0.2, -0.15) is 0 Å². The molecule has 0 radical (unpaired) electrons. The number of rotatable bonds is 8. The highest BCUT2D eigenvalue weighted by atomic mass is 16.5. The first-order chi connectivity index (χ1) is 7.06. The molecule has 1 N–H and O–H groups in total. The summed E-state index contributed by atoms with van der Waals surface area (Å²) in [6.45, 7) is 9.76. The summed E-state index contributed by atoms with van der Waals surface area (Å²) in [4.78, 5) is 11.3. The van der Waals surface area contributed by atoms with Crippen molar-refractivity contribution in [2.45, 2.75) is 53.0 Å². The summed E-state index contributed by atoms with van der Waals surface area (Å²) in [6.07, 6.45) is 2.80. The molecule has 0 rings (SSSR count). The van der Waals surface area contributed by atoms with Crippen LogP contribution in [0.2, 0.25) is 0 Å². The molecule has 0 fully saturated rings. The SMILES string of the molecule is CCCCNC(C)CC(=O)OCC(C)C. The molecule has 0 aliphatic rings. The first-order valence-electron chi connectivity index (χ1n) is 5.95. The molecular formula is C12H25NO2. The van der Waals surface area contributed by atoms with E-state index in [1.807, 2.05) is 20.8 Å². The fraction of sp³-hybridized carbons (Fsp3) is 0.917. The van der Waals surface area contributed by atoms with E-state index in [9.17, 15) is 4.79 Å². The highest BCUT2D eigenvalue weighted by molar-refractivity contribution is 5.70. The van der Waals surface area contributed by atoms with E-state index in [1.165, 1.54) is 6.42 Å². The minimum absolute atomic E-state index is 0.0970. The number of hydrogen-bond acceptors (Lipinski definition) is 3. The Morgan fingerprint density at radius 2 is 2.00 bits per heavy atom. The van der Waals surface area contributed by atoms with E-state index >= 15 is 0 Å². The molecule has 90 valence electrons. The standard InChI is InChI=1S/C12H25NO2/c1-5-6-7-13-11(4)8-12(14)15-9-10(2)3/h10-11,13H,5-9H2,1-4H3. The Morgan fingerprint density at radius 3 is 2.53 bits per heavy atom. The van der Waals surface area contributed by atoms with E-state index in [2.05, 4.69) is 12.2 Å². The van der Waals surface area contributed by atoms with Gasteiger partial charge in [0.1, 0.15) is 0 Å². The Balaban J connectivity index is 3.49. The molecule has 0 aromatic carbocycles. The fourth-order valence-electron chi connectivity index (χ4n) is 1.17. The van der Waals surface area contributed by atoms with Gasteiger partial charge in [0.25, 0.3) is 0 Å². The van der Waals surface area contributed by atoms with Gasteiger partial charge in [-0.15, -0.1) is 0 Å². The number of nitrogens with one attached hydrogen (secondary N) is 1. The number of esters is 1. The van der Waals surface area contributed by atoms with Gasteiger partial charge in [-0.25, -0.2) is 0 Å². The summed E-state index contributed by atoms with van der Waals surface area (Å²) in [5.41, 5.74) is 0. The van der Waals surface area contributed by atoms with Crippen LogP contribution in [0.5, 0.6) is 0 Å². The maximum atomic E-state index is 11.3. The normalized spacial score (nSPS) is 12.9. The van der Waals surface area contributed by atoms with Crippen LogP contribution >= 0.6 is 0 Å². The Bertz CT molecular complexity index is 169. The molecule has 1 atom stereocenters. The average molecular weight is 215 g/mol. The highest BCUT2D eigenvalue weighted by Gasteiger charge is 2.09. The summed E-state index contributed by atoms with van der Waals surface area (Å²) in [6, 6.07) is 0.219. The summed E-state index contributed by atoms with van der Waals surface area (Å²) in [5, 5.41) is 3.30. The lowest BCUT2D eigenvalue weighted by molar-refractivity contribution is -0.145. The topological polar surface area (TPSA) is 38.3 Å². The quantitative estimate of drug-likeness (QED) is 0.499. The van der Waals surface area contributed by atoms with Gasteiger partial charge in [0.2, 0.25) is 0 Å². The molecule has 0 aromatic heterocycles. The van der Waals surface area contributed by atoms with Crippen LogP contribution in [0.1, 0.15) is 47.0 Å². The Morgan fingerprint density at radius 1 is 1.33 bits per heavy atom. The molecule has 0 aliphatic heterocycles. The largest absolute Gasteiger partial charge is 0.465 e. The van der Waals surface area contributed by atoms with Crippen LogP contribution in [0.25, 0.3) is 0 Å². The van der Waals surface area contributed by atoms with Crippen molar-refractivity contribution in [3.8, 4) is 0 Å². The summed E-state index contributed by atoms with van der Waals surface area (Å²) in [7, 11) is 0. The zero-order valence-corrected chi connectivity index (χ0v) is 10.5. The molecule has 0 saturated heterocycles. The smallest absolute Gasteiger partial charge is 0.307 e. The third-order valence-corrected chi connectivity index (χ3v) is 2.07. The van der Waals surface area contributed by atoms with Gasteiger partial charge < -0.3 is 10.1 Å². The maximum Gasteiger partial charge on any atom is 0.307 e. The number of carbonyl (C=O) groups is 1. The number of unbranched alkanes of at least 4 members (excludes halogenated alkanes) is 1. The minimum atomic E-state index is -0.0970. The molecule has 0 aromatic rings. The Kier molecular flexibility index (Phi) is 8.38. The van der Waals surface area contributed by atoms with Gasteiger partial charge in [0.05, 0.1) is 13.0 Å². The molecule has 0 aliphatic carbocycles. The molecule has 15 heavy (non-hydrogen) atoms. The Hall–Kier alpha value is -0.570. The van der Waals surface area contributed by atoms with Crippen LogP contribution in [-0.2, 0) is 9.53 Å². The van der Waals surface area contributed by atoms with Gasteiger partial charge in [0, 0.05) is 6.04 Å². The van der Waals surface area contributed by atoms with E-state index < -0.39 is 0 Å². The molecule has 0 heterocycles. The van der Waals surface area contributed by atoms with E-state index in [0.29, 0.717) is 18.9 Å². The van der Waals surface area contributed by atoms with E-state index in [-0.39, 0.29) is 12.0 Å². The maximum absolute atomic E-state index is 11.3. The molecule has 0 spiro atoms. The van der Waals surface area contributed by atoms with E-state index in [4.69, 9.17) is 4.74 Å². The van der Waals surface area contributed by atoms with Crippen molar-refractivity contribution in [1.29, 1.82) is 0 Å². The van der Waals surface area contributed by atoms with Gasteiger partial charge >= 0.3 is 5.97 Å². The van der Waals surface area contributed by atoms with Crippen LogP contribution in [0.15, 0.2) is 0 Å². The van der Waals surface area contributed by atoms with Crippen LogP contribution in [0.3, 0.4) is 0 Å². The minimum Gasteiger partial charge on any atom is -0.465 e. The predicted molar refractivity (Wildman–Crippen MR) is 62.8 cm³/mol. The van der Waals surface area contributed by atoms with Gasteiger partial charge in [-0.05, 0) is 25.8 Å². The molecule has 3 heteroatoms. The van der Waals surface area contributed by atoms with Crippen molar-refractivity contribution < 1.29 is 9.53 Å². The highest BCUT2D eigenvalue weighted by Crippen LogP contribution is 1.98. The molecule has 0 bridgehead atoms. The Labute approximate surface area is 93.6 Å². The number of ether oxygens (including phenoxy) is 1. The number of hydrogen-bond donors (Lipinski definition) is 1. The molecule has 3 nitrogen and oxygen atoms in total. The molecule has 1 unspecified atom stereocenters. The molecule has 0 saturated carbocycles. The van der Waals surface area contributed by atoms with Crippen molar-refractivity contribution in [3.05, 3.63) is 0 Å². The first-order valence-corrected chi connectivity index (χ1v) is 5.95. The summed E-state index contributed by atoms with van der Waals surface area (Å²) >= 11 is 0. The van der Waals surface area contributed by atoms with Crippen LogP contribution < -0.4 is 5.32 Å². The van der Waals surface area contributed by atoms with Crippen LogP contribution in [-0.4, -0.2) is 25.2 Å². The van der Waals surface area contributed by atoms with Crippen molar-refractivity contribution in [1.82, 2.24) is 5.32 Å². The third-order valence-electron chi connectivity index (χ3n) is 2.07. The summed E-state index contributed by atoms with van der Waals surface area (Å²) in [5.74, 6) is 0.317. The second-order valence-corrected chi connectivity index (χ2v) is 4.49. The van der Waals surface area contributed by atoms with Gasteiger partial charge in [-0.3, -0.25) is 4.79 Å². The first kappa shape index (κ1) is 14.4. The van der Waals surface area contributed by atoms with Crippen molar-refractivity contribution >= 4 is 5.97 Å². The average Bonchev–Trinajstić information content (AvgIpc) is 2.15. The zero-order chi connectivity index (χ0) is 11.7. The van der Waals surface area contributed by atoms with Crippen molar-refractivity contribution in [2.75, 3.05) is 13.2 Å².